The molecule has 0 aliphatic carbocycles. The number of hydrogen-bond donors (Lipinski definition) is 3. The highest BCUT2D eigenvalue weighted by molar-refractivity contribution is 7.89. The van der Waals surface area contributed by atoms with Crippen molar-refractivity contribution in [2.45, 2.75) is 48.4 Å². The highest BCUT2D eigenvalue weighted by atomic mass is 32.2. The van der Waals surface area contributed by atoms with Crippen molar-refractivity contribution < 1.29 is 36.6 Å². The standard InChI is InChI=1S/C23H23F3N4O5S/c1-29-20(21(32)28-12-7-16(24)18(26)17(25)8-12)15-3-2-6-27-19(15)22(29)36(34,35)30-13-4-5-14(30)10-23(33,9-13)11-31/h2-3,6-8,13-14,31,33H,4-5,9-11H2,1H3,(H,28,32). The Hall–Kier alpha value is -3.00. The van der Waals surface area contributed by atoms with Crippen LogP contribution in [0.2, 0.25) is 0 Å². The summed E-state index contributed by atoms with van der Waals surface area (Å²) in [7, 11) is -2.86. The third-order valence-corrected chi connectivity index (χ3v) is 9.07. The van der Waals surface area contributed by atoms with Gasteiger partial charge in [-0.15, -0.1) is 0 Å². The predicted octanol–water partition coefficient (Wildman–Crippen LogP) is 2.28. The highest BCUT2D eigenvalue weighted by Gasteiger charge is 2.53. The fraction of sp³-hybridized carbons (Fsp3) is 0.391. The number of hydrogen-bond acceptors (Lipinski definition) is 6. The zero-order valence-electron chi connectivity index (χ0n) is 19.1. The molecule has 1 aromatic carbocycles. The number of fused-ring (bicyclic) bond motifs is 3. The van der Waals surface area contributed by atoms with Crippen LogP contribution < -0.4 is 5.32 Å². The predicted molar refractivity (Wildman–Crippen MR) is 122 cm³/mol. The number of amides is 1. The summed E-state index contributed by atoms with van der Waals surface area (Å²) < 4.78 is 71.0. The van der Waals surface area contributed by atoms with Gasteiger partial charge in [0.1, 0.15) is 11.2 Å². The molecule has 2 aliphatic rings. The molecule has 192 valence electrons. The Morgan fingerprint density at radius 1 is 1.19 bits per heavy atom. The van der Waals surface area contributed by atoms with Crippen LogP contribution in [-0.4, -0.2) is 62.7 Å². The lowest BCUT2D eigenvalue weighted by atomic mass is 9.88. The molecule has 1 amide bonds. The topological polar surface area (TPSA) is 125 Å². The SMILES string of the molecule is Cn1c(C(=O)Nc2cc(F)c(F)c(F)c2)c2cccnc2c1S(=O)(=O)N1C2CCC1CC(O)(CO)C2. The molecule has 2 aromatic heterocycles. The van der Waals surface area contributed by atoms with E-state index in [9.17, 15) is 36.6 Å². The van der Waals surface area contributed by atoms with E-state index in [-0.39, 0.29) is 40.2 Å². The lowest BCUT2D eigenvalue weighted by Gasteiger charge is -2.41. The van der Waals surface area contributed by atoms with E-state index in [1.54, 1.807) is 0 Å². The fourth-order valence-electron chi connectivity index (χ4n) is 5.50. The Bertz CT molecular complexity index is 1460. The Kier molecular flexibility index (Phi) is 5.86. The number of aliphatic hydroxyl groups is 2. The van der Waals surface area contributed by atoms with Crippen molar-refractivity contribution in [1.29, 1.82) is 0 Å². The van der Waals surface area contributed by atoms with E-state index in [1.165, 1.54) is 29.7 Å². The maximum Gasteiger partial charge on any atom is 0.273 e. The van der Waals surface area contributed by atoms with Gasteiger partial charge in [0.05, 0.1) is 12.2 Å². The molecule has 2 fully saturated rings. The first-order valence-corrected chi connectivity index (χ1v) is 12.7. The molecule has 9 nitrogen and oxygen atoms in total. The van der Waals surface area contributed by atoms with Crippen molar-refractivity contribution in [1.82, 2.24) is 13.9 Å². The van der Waals surface area contributed by atoms with Crippen molar-refractivity contribution in [2.24, 2.45) is 7.05 Å². The molecule has 36 heavy (non-hydrogen) atoms. The van der Waals surface area contributed by atoms with Gasteiger partial charge >= 0.3 is 0 Å². The number of piperidine rings is 1. The third kappa shape index (κ3) is 3.77. The van der Waals surface area contributed by atoms with Crippen LogP contribution in [-0.2, 0) is 17.1 Å². The monoisotopic (exact) mass is 524 g/mol. The molecule has 0 saturated carbocycles. The molecule has 3 aromatic rings. The van der Waals surface area contributed by atoms with Crippen LogP contribution in [0.5, 0.6) is 0 Å². The molecule has 2 bridgehead atoms. The summed E-state index contributed by atoms with van der Waals surface area (Å²) in [6.45, 7) is -0.475. The summed E-state index contributed by atoms with van der Waals surface area (Å²) in [4.78, 5) is 17.4. The minimum Gasteiger partial charge on any atom is -0.393 e. The second-order valence-corrected chi connectivity index (χ2v) is 11.1. The summed E-state index contributed by atoms with van der Waals surface area (Å²) >= 11 is 0. The number of pyridine rings is 1. The lowest BCUT2D eigenvalue weighted by Crippen LogP contribution is -2.54. The fourth-order valence-corrected chi connectivity index (χ4v) is 7.69. The van der Waals surface area contributed by atoms with E-state index >= 15 is 0 Å². The number of halogens is 3. The number of carbonyl (C=O) groups is 1. The summed E-state index contributed by atoms with van der Waals surface area (Å²) in [5.41, 5.74) is -1.81. The average Bonchev–Trinajstić information content (AvgIpc) is 3.29. The molecular formula is C23H23F3N4O5S. The molecule has 2 unspecified atom stereocenters. The van der Waals surface area contributed by atoms with E-state index < -0.39 is 57.7 Å². The Morgan fingerprint density at radius 3 is 2.39 bits per heavy atom. The average molecular weight is 525 g/mol. The highest BCUT2D eigenvalue weighted by Crippen LogP contribution is 2.44. The number of carbonyl (C=O) groups excluding carboxylic acids is 1. The largest absolute Gasteiger partial charge is 0.393 e. The molecule has 0 radical (unpaired) electrons. The maximum absolute atomic E-state index is 14.0. The zero-order valence-corrected chi connectivity index (χ0v) is 19.9. The number of aromatic nitrogens is 2. The van der Waals surface area contributed by atoms with Crippen molar-refractivity contribution in [3.05, 3.63) is 53.6 Å². The number of nitrogens with one attached hydrogen (secondary N) is 1. The maximum atomic E-state index is 14.0. The summed E-state index contributed by atoms with van der Waals surface area (Å²) in [5.74, 6) is -5.54. The van der Waals surface area contributed by atoms with Crippen LogP contribution >= 0.6 is 0 Å². The van der Waals surface area contributed by atoms with Gasteiger partial charge < -0.3 is 20.1 Å². The second-order valence-electron chi connectivity index (χ2n) is 9.33. The van der Waals surface area contributed by atoms with Crippen LogP contribution in [0.4, 0.5) is 18.9 Å². The van der Waals surface area contributed by atoms with Crippen molar-refractivity contribution >= 4 is 32.5 Å². The molecule has 0 spiro atoms. The summed E-state index contributed by atoms with van der Waals surface area (Å²) in [5, 5.41) is 22.4. The van der Waals surface area contributed by atoms with E-state index in [0.717, 1.165) is 4.57 Å². The smallest absolute Gasteiger partial charge is 0.273 e. The number of benzene rings is 1. The number of anilines is 1. The van der Waals surface area contributed by atoms with Gasteiger partial charge in [0.15, 0.2) is 22.5 Å². The van der Waals surface area contributed by atoms with Gasteiger partial charge in [-0.2, -0.15) is 4.31 Å². The Morgan fingerprint density at radius 2 is 1.81 bits per heavy atom. The van der Waals surface area contributed by atoms with Crippen LogP contribution in [0.1, 0.15) is 36.2 Å². The van der Waals surface area contributed by atoms with Gasteiger partial charge in [0.2, 0.25) is 0 Å². The van der Waals surface area contributed by atoms with Gasteiger partial charge in [-0.1, -0.05) is 0 Å². The molecule has 2 atom stereocenters. The zero-order chi connectivity index (χ0) is 26.0. The summed E-state index contributed by atoms with van der Waals surface area (Å²) in [6.07, 6.45) is 2.55. The van der Waals surface area contributed by atoms with Crippen molar-refractivity contribution in [2.75, 3.05) is 11.9 Å². The first-order valence-electron chi connectivity index (χ1n) is 11.2. The Balaban J connectivity index is 1.58. The minimum atomic E-state index is -4.23. The van der Waals surface area contributed by atoms with Gasteiger partial charge in [-0.3, -0.25) is 9.78 Å². The van der Waals surface area contributed by atoms with Gasteiger partial charge in [0.25, 0.3) is 15.9 Å². The van der Waals surface area contributed by atoms with Crippen LogP contribution in [0.15, 0.2) is 35.5 Å². The van der Waals surface area contributed by atoms with Gasteiger partial charge in [-0.05, 0) is 37.8 Å². The number of sulfonamides is 1. The van der Waals surface area contributed by atoms with Crippen molar-refractivity contribution in [3.8, 4) is 0 Å². The van der Waals surface area contributed by atoms with E-state index in [0.29, 0.717) is 25.0 Å². The molecular weight excluding hydrogens is 501 g/mol. The number of rotatable bonds is 5. The summed E-state index contributed by atoms with van der Waals surface area (Å²) in [6, 6.07) is 3.16. The molecule has 2 saturated heterocycles. The lowest BCUT2D eigenvalue weighted by molar-refractivity contribution is -0.0664. The van der Waals surface area contributed by atoms with Crippen molar-refractivity contribution in [3.63, 3.8) is 0 Å². The van der Waals surface area contributed by atoms with E-state index in [4.69, 9.17) is 0 Å². The molecule has 5 rings (SSSR count). The number of nitrogens with zero attached hydrogens (tertiary/aromatic N) is 3. The van der Waals surface area contributed by atoms with E-state index in [1.807, 2.05) is 0 Å². The molecule has 13 heteroatoms. The Labute approximate surface area is 204 Å². The molecule has 2 aliphatic heterocycles. The molecule has 3 N–H and O–H groups in total. The molecule has 4 heterocycles. The van der Waals surface area contributed by atoms with Crippen LogP contribution in [0, 0.1) is 17.5 Å². The normalized spacial score (nSPS) is 24.4. The van der Waals surface area contributed by atoms with Crippen LogP contribution in [0.25, 0.3) is 10.9 Å². The first kappa shape index (κ1) is 24.7. The number of aliphatic hydroxyl groups excluding tert-OH is 1. The van der Waals surface area contributed by atoms with Gasteiger partial charge in [-0.25, -0.2) is 21.6 Å². The van der Waals surface area contributed by atoms with Crippen LogP contribution in [0.3, 0.4) is 0 Å². The quantitative estimate of drug-likeness (QED) is 0.440. The first-order chi connectivity index (χ1) is 17.0. The minimum absolute atomic E-state index is 0.0315. The second kappa shape index (κ2) is 8.54. The van der Waals surface area contributed by atoms with Gasteiger partial charge in [0, 0.05) is 48.5 Å². The third-order valence-electron chi connectivity index (χ3n) is 6.96. The van der Waals surface area contributed by atoms with E-state index in [2.05, 4.69) is 10.3 Å².